The minimum atomic E-state index is -4.43. The average molecular weight is 340 g/mol. The first kappa shape index (κ1) is 17.5. The van der Waals surface area contributed by atoms with Crippen molar-refractivity contribution in [2.24, 2.45) is 0 Å². The van der Waals surface area contributed by atoms with Crippen molar-refractivity contribution in [1.82, 2.24) is 20.6 Å². The second kappa shape index (κ2) is 8.14. The summed E-state index contributed by atoms with van der Waals surface area (Å²) in [7, 11) is 0. The maximum absolute atomic E-state index is 12.1. The fourth-order valence-electron chi connectivity index (χ4n) is 1.72. The van der Waals surface area contributed by atoms with Gasteiger partial charge in [0.2, 0.25) is 5.88 Å². The van der Waals surface area contributed by atoms with Gasteiger partial charge in [-0.3, -0.25) is 4.98 Å². The number of carbonyl (C=O) groups is 1. The molecule has 0 spiro atoms. The van der Waals surface area contributed by atoms with Crippen molar-refractivity contribution in [3.63, 3.8) is 0 Å². The van der Waals surface area contributed by atoms with Gasteiger partial charge in [-0.15, -0.1) is 0 Å². The Labute approximate surface area is 136 Å². The normalized spacial score (nSPS) is 11.0. The molecule has 0 aliphatic heterocycles. The lowest BCUT2D eigenvalue weighted by molar-refractivity contribution is -0.154. The molecule has 0 aromatic carbocycles. The number of alkyl halides is 3. The fraction of sp³-hybridized carbons (Fsp3) is 0.267. The number of nitrogens with one attached hydrogen (secondary N) is 2. The minimum Gasteiger partial charge on any atom is -0.468 e. The zero-order valence-corrected chi connectivity index (χ0v) is 12.5. The predicted octanol–water partition coefficient (Wildman–Crippen LogP) is 2.42. The van der Waals surface area contributed by atoms with E-state index in [0.29, 0.717) is 12.1 Å². The molecular weight excluding hydrogens is 325 g/mol. The molecule has 9 heteroatoms. The van der Waals surface area contributed by atoms with Crippen LogP contribution in [0.4, 0.5) is 18.0 Å². The van der Waals surface area contributed by atoms with Crippen LogP contribution in [0.25, 0.3) is 0 Å². The van der Waals surface area contributed by atoms with E-state index in [1.54, 1.807) is 30.6 Å². The van der Waals surface area contributed by atoms with E-state index >= 15 is 0 Å². The number of pyridine rings is 2. The Bertz CT molecular complexity index is 665. The van der Waals surface area contributed by atoms with Gasteiger partial charge in [0.25, 0.3) is 0 Å². The van der Waals surface area contributed by atoms with Gasteiger partial charge in [-0.2, -0.15) is 13.2 Å². The van der Waals surface area contributed by atoms with Crippen LogP contribution in [-0.2, 0) is 13.1 Å². The minimum absolute atomic E-state index is 0.132. The number of urea groups is 1. The number of halogens is 3. The summed E-state index contributed by atoms with van der Waals surface area (Å²) < 4.78 is 40.8. The van der Waals surface area contributed by atoms with Crippen LogP contribution in [0.2, 0.25) is 0 Å². The third-order valence-electron chi connectivity index (χ3n) is 2.84. The number of hydrogen-bond donors (Lipinski definition) is 2. The lowest BCUT2D eigenvalue weighted by Gasteiger charge is -2.10. The van der Waals surface area contributed by atoms with Gasteiger partial charge in [-0.25, -0.2) is 9.78 Å². The molecule has 0 saturated heterocycles. The van der Waals surface area contributed by atoms with Gasteiger partial charge in [-0.05, 0) is 29.3 Å². The molecule has 128 valence electrons. The highest BCUT2D eigenvalue weighted by Crippen LogP contribution is 2.17. The molecule has 0 atom stereocenters. The summed E-state index contributed by atoms with van der Waals surface area (Å²) in [5, 5.41) is 5.25. The van der Waals surface area contributed by atoms with Crippen molar-refractivity contribution in [1.29, 1.82) is 0 Å². The first-order valence-electron chi connectivity index (χ1n) is 6.97. The summed E-state index contributed by atoms with van der Waals surface area (Å²) in [4.78, 5) is 19.3. The predicted molar refractivity (Wildman–Crippen MR) is 79.1 cm³/mol. The lowest BCUT2D eigenvalue weighted by Crippen LogP contribution is -2.34. The number of hydrogen-bond acceptors (Lipinski definition) is 4. The molecule has 2 heterocycles. The molecule has 0 unspecified atom stereocenters. The maximum Gasteiger partial charge on any atom is 0.422 e. The van der Waals surface area contributed by atoms with Crippen molar-refractivity contribution in [3.8, 4) is 5.88 Å². The molecule has 2 aromatic rings. The largest absolute Gasteiger partial charge is 0.468 e. The summed E-state index contributed by atoms with van der Waals surface area (Å²) in [6.45, 7) is -0.943. The van der Waals surface area contributed by atoms with E-state index in [9.17, 15) is 18.0 Å². The summed E-state index contributed by atoms with van der Waals surface area (Å²) in [5.41, 5.74) is 1.47. The second-order valence-corrected chi connectivity index (χ2v) is 4.80. The number of aromatic nitrogens is 2. The SMILES string of the molecule is O=C(NCc1ccncc1)NCc1ccnc(OCC(F)(F)F)c1. The Kier molecular flexibility index (Phi) is 5.94. The monoisotopic (exact) mass is 340 g/mol. The molecule has 0 aliphatic carbocycles. The highest BCUT2D eigenvalue weighted by Gasteiger charge is 2.28. The van der Waals surface area contributed by atoms with E-state index in [4.69, 9.17) is 0 Å². The Morgan fingerprint density at radius 3 is 2.33 bits per heavy atom. The van der Waals surface area contributed by atoms with E-state index in [2.05, 4.69) is 25.3 Å². The third-order valence-corrected chi connectivity index (χ3v) is 2.84. The summed E-state index contributed by atoms with van der Waals surface area (Å²) in [6.07, 6.45) is 0.128. The van der Waals surface area contributed by atoms with Crippen LogP contribution < -0.4 is 15.4 Å². The van der Waals surface area contributed by atoms with Crippen LogP contribution in [0.15, 0.2) is 42.9 Å². The molecule has 6 nitrogen and oxygen atoms in total. The van der Waals surface area contributed by atoms with Crippen LogP contribution in [0.5, 0.6) is 5.88 Å². The highest BCUT2D eigenvalue weighted by molar-refractivity contribution is 5.73. The molecule has 2 aromatic heterocycles. The maximum atomic E-state index is 12.1. The molecule has 2 amide bonds. The van der Waals surface area contributed by atoms with Gasteiger partial charge < -0.3 is 15.4 Å². The Hall–Kier alpha value is -2.84. The van der Waals surface area contributed by atoms with Gasteiger partial charge in [0.15, 0.2) is 6.61 Å². The molecule has 0 radical (unpaired) electrons. The fourth-order valence-corrected chi connectivity index (χ4v) is 1.72. The van der Waals surface area contributed by atoms with Crippen molar-refractivity contribution in [3.05, 3.63) is 54.0 Å². The first-order chi connectivity index (χ1) is 11.4. The number of nitrogens with zero attached hydrogens (tertiary/aromatic N) is 2. The van der Waals surface area contributed by atoms with Crippen molar-refractivity contribution in [2.45, 2.75) is 19.3 Å². The smallest absolute Gasteiger partial charge is 0.422 e. The van der Waals surface area contributed by atoms with Crippen molar-refractivity contribution in [2.75, 3.05) is 6.61 Å². The van der Waals surface area contributed by atoms with Gasteiger partial charge in [0.1, 0.15) is 0 Å². The number of amides is 2. The van der Waals surface area contributed by atoms with Crippen LogP contribution >= 0.6 is 0 Å². The zero-order chi connectivity index (χ0) is 17.4. The Morgan fingerprint density at radius 1 is 1.04 bits per heavy atom. The van der Waals surface area contributed by atoms with Crippen LogP contribution in [0.1, 0.15) is 11.1 Å². The van der Waals surface area contributed by atoms with Crippen LogP contribution in [-0.4, -0.2) is 28.8 Å². The van der Waals surface area contributed by atoms with Crippen LogP contribution in [0, 0.1) is 0 Å². The van der Waals surface area contributed by atoms with E-state index in [-0.39, 0.29) is 12.4 Å². The third kappa shape index (κ3) is 6.51. The van der Waals surface area contributed by atoms with Gasteiger partial charge in [0, 0.05) is 37.7 Å². The van der Waals surface area contributed by atoms with E-state index < -0.39 is 18.8 Å². The van der Waals surface area contributed by atoms with Gasteiger partial charge in [-0.1, -0.05) is 0 Å². The summed E-state index contributed by atoms with van der Waals surface area (Å²) in [6, 6.07) is 6.06. The van der Waals surface area contributed by atoms with Crippen LogP contribution in [0.3, 0.4) is 0 Å². The Morgan fingerprint density at radius 2 is 1.67 bits per heavy atom. The molecular formula is C15H15F3N4O2. The first-order valence-corrected chi connectivity index (χ1v) is 6.97. The zero-order valence-electron chi connectivity index (χ0n) is 12.5. The molecule has 0 bridgehead atoms. The number of rotatable bonds is 6. The standard InChI is InChI=1S/C15H15F3N4O2/c16-15(17,18)10-24-13-7-12(3-6-20-13)9-22-14(23)21-8-11-1-4-19-5-2-11/h1-7H,8-10H2,(H2,21,22,23). The Balaban J connectivity index is 1.78. The van der Waals surface area contributed by atoms with Gasteiger partial charge in [0.05, 0.1) is 0 Å². The molecule has 0 saturated carbocycles. The lowest BCUT2D eigenvalue weighted by atomic mass is 10.2. The topological polar surface area (TPSA) is 76.1 Å². The quantitative estimate of drug-likeness (QED) is 0.847. The van der Waals surface area contributed by atoms with Gasteiger partial charge >= 0.3 is 12.2 Å². The molecule has 0 aliphatic rings. The van der Waals surface area contributed by atoms with Crippen molar-refractivity contribution >= 4 is 6.03 Å². The van der Waals surface area contributed by atoms with Crippen molar-refractivity contribution < 1.29 is 22.7 Å². The van der Waals surface area contributed by atoms with E-state index in [0.717, 1.165) is 5.56 Å². The number of ether oxygens (including phenoxy) is 1. The highest BCUT2D eigenvalue weighted by atomic mass is 19.4. The molecule has 2 rings (SSSR count). The summed E-state index contributed by atoms with van der Waals surface area (Å²) in [5.74, 6) is -0.149. The molecule has 24 heavy (non-hydrogen) atoms. The average Bonchev–Trinajstić information content (AvgIpc) is 2.57. The van der Waals surface area contributed by atoms with E-state index in [1.807, 2.05) is 0 Å². The summed E-state index contributed by atoms with van der Waals surface area (Å²) >= 11 is 0. The second-order valence-electron chi connectivity index (χ2n) is 4.80. The molecule has 0 fully saturated rings. The number of carbonyl (C=O) groups excluding carboxylic acids is 1. The molecule has 2 N–H and O–H groups in total. The van der Waals surface area contributed by atoms with E-state index in [1.165, 1.54) is 12.3 Å².